The third-order valence-electron chi connectivity index (χ3n) is 5.91. The predicted molar refractivity (Wildman–Crippen MR) is 123 cm³/mol. The zero-order valence-electron chi connectivity index (χ0n) is 18.2. The van der Waals surface area contributed by atoms with Crippen molar-refractivity contribution in [1.82, 2.24) is 4.90 Å². The van der Waals surface area contributed by atoms with E-state index in [9.17, 15) is 4.79 Å². The van der Waals surface area contributed by atoms with Gasteiger partial charge in [-0.25, -0.2) is 0 Å². The Labute approximate surface area is 183 Å². The van der Waals surface area contributed by atoms with Crippen LogP contribution in [0.4, 0.5) is 11.4 Å². The summed E-state index contributed by atoms with van der Waals surface area (Å²) >= 11 is 0. The number of carbonyl (C=O) groups is 1. The SMILES string of the molecule is COCCN=C1Nc2ccccc2NC12CCCN(C(=O)Cc1cccc(OC)c1)C2. The molecule has 0 aliphatic carbocycles. The van der Waals surface area contributed by atoms with E-state index in [2.05, 4.69) is 16.7 Å². The monoisotopic (exact) mass is 422 g/mol. The van der Waals surface area contributed by atoms with Gasteiger partial charge in [-0.3, -0.25) is 9.79 Å². The molecular weight excluding hydrogens is 392 g/mol. The van der Waals surface area contributed by atoms with E-state index in [4.69, 9.17) is 14.5 Å². The van der Waals surface area contributed by atoms with Crippen LogP contribution in [-0.4, -0.2) is 62.6 Å². The number of piperidine rings is 1. The molecule has 2 aromatic carbocycles. The molecule has 2 heterocycles. The molecule has 2 N–H and O–H groups in total. The van der Waals surface area contributed by atoms with Gasteiger partial charge in [0, 0.05) is 13.7 Å². The Morgan fingerprint density at radius 1 is 1.16 bits per heavy atom. The number of hydrogen-bond donors (Lipinski definition) is 2. The lowest BCUT2D eigenvalue weighted by Gasteiger charge is -2.47. The summed E-state index contributed by atoms with van der Waals surface area (Å²) in [5, 5.41) is 7.23. The number of likely N-dealkylation sites (tertiary alicyclic amines) is 1. The highest BCUT2D eigenvalue weighted by Gasteiger charge is 2.44. The predicted octanol–water partition coefficient (Wildman–Crippen LogP) is 3.18. The maximum atomic E-state index is 13.2. The summed E-state index contributed by atoms with van der Waals surface area (Å²) in [6.45, 7) is 2.45. The van der Waals surface area contributed by atoms with Crippen LogP contribution in [-0.2, 0) is 16.0 Å². The summed E-state index contributed by atoms with van der Waals surface area (Å²) in [6, 6.07) is 15.8. The minimum atomic E-state index is -0.426. The Hall–Kier alpha value is -3.06. The number of rotatable bonds is 6. The van der Waals surface area contributed by atoms with Crippen molar-refractivity contribution >= 4 is 23.1 Å². The second-order valence-corrected chi connectivity index (χ2v) is 8.05. The number of ether oxygens (including phenoxy) is 2. The van der Waals surface area contributed by atoms with E-state index in [-0.39, 0.29) is 5.91 Å². The van der Waals surface area contributed by atoms with Gasteiger partial charge in [-0.2, -0.15) is 0 Å². The topological polar surface area (TPSA) is 75.2 Å². The van der Waals surface area contributed by atoms with Gasteiger partial charge in [0.05, 0.1) is 44.6 Å². The number of anilines is 2. The van der Waals surface area contributed by atoms with Crippen molar-refractivity contribution in [3.05, 3.63) is 54.1 Å². The number of benzene rings is 2. The molecule has 7 heteroatoms. The number of nitrogens with one attached hydrogen (secondary N) is 2. The normalized spacial score (nSPS) is 21.4. The van der Waals surface area contributed by atoms with Crippen LogP contribution in [0.25, 0.3) is 0 Å². The van der Waals surface area contributed by atoms with Crippen molar-refractivity contribution in [2.45, 2.75) is 24.8 Å². The van der Waals surface area contributed by atoms with Crippen LogP contribution >= 0.6 is 0 Å². The van der Waals surface area contributed by atoms with Crippen LogP contribution < -0.4 is 15.4 Å². The summed E-state index contributed by atoms with van der Waals surface area (Å²) < 4.78 is 10.5. The molecule has 0 bridgehead atoms. The van der Waals surface area contributed by atoms with Crippen LogP contribution in [0.2, 0.25) is 0 Å². The zero-order chi connectivity index (χ0) is 21.7. The van der Waals surface area contributed by atoms with Crippen LogP contribution in [0.5, 0.6) is 5.75 Å². The number of nitrogens with zero attached hydrogens (tertiary/aromatic N) is 2. The van der Waals surface area contributed by atoms with Crippen LogP contribution in [0.15, 0.2) is 53.5 Å². The number of amidine groups is 1. The van der Waals surface area contributed by atoms with Gasteiger partial charge in [-0.15, -0.1) is 0 Å². The fraction of sp³-hybridized carbons (Fsp3) is 0.417. The Balaban J connectivity index is 1.56. The van der Waals surface area contributed by atoms with E-state index in [0.29, 0.717) is 26.1 Å². The van der Waals surface area contributed by atoms with Gasteiger partial charge in [0.15, 0.2) is 0 Å². The lowest BCUT2D eigenvalue weighted by Crippen LogP contribution is -2.62. The molecule has 1 unspecified atom stereocenters. The smallest absolute Gasteiger partial charge is 0.227 e. The summed E-state index contributed by atoms with van der Waals surface area (Å²) in [5.41, 5.74) is 2.57. The molecular formula is C24H30N4O3. The number of fused-ring (bicyclic) bond motifs is 1. The highest BCUT2D eigenvalue weighted by Crippen LogP contribution is 2.36. The molecule has 1 saturated heterocycles. The van der Waals surface area contributed by atoms with Crippen molar-refractivity contribution in [2.75, 3.05) is 51.1 Å². The highest BCUT2D eigenvalue weighted by atomic mass is 16.5. The standard InChI is InChI=1S/C24H30N4O3/c1-30-14-12-25-23-24(27-21-10-4-3-9-20(21)26-23)11-6-13-28(17-24)22(29)16-18-7-5-8-19(15-18)31-2/h3-5,7-10,15,27H,6,11-14,16-17H2,1-2H3,(H,25,26). The molecule has 164 valence electrons. The van der Waals surface area contributed by atoms with Gasteiger partial charge in [0.2, 0.25) is 5.91 Å². The van der Waals surface area contributed by atoms with E-state index >= 15 is 0 Å². The number of para-hydroxylation sites is 2. The summed E-state index contributed by atoms with van der Waals surface area (Å²) in [7, 11) is 3.32. The first-order chi connectivity index (χ1) is 15.1. The van der Waals surface area contributed by atoms with E-state index in [1.165, 1.54) is 0 Å². The minimum absolute atomic E-state index is 0.115. The van der Waals surface area contributed by atoms with Gasteiger partial charge < -0.3 is 25.0 Å². The number of amides is 1. The molecule has 7 nitrogen and oxygen atoms in total. The van der Waals surface area contributed by atoms with E-state index < -0.39 is 5.54 Å². The second kappa shape index (κ2) is 9.39. The van der Waals surface area contributed by atoms with Gasteiger partial charge >= 0.3 is 0 Å². The van der Waals surface area contributed by atoms with Crippen molar-refractivity contribution in [3.8, 4) is 5.75 Å². The Morgan fingerprint density at radius 2 is 2.00 bits per heavy atom. The fourth-order valence-corrected chi connectivity index (χ4v) is 4.34. The van der Waals surface area contributed by atoms with Gasteiger partial charge in [0.25, 0.3) is 0 Å². The van der Waals surface area contributed by atoms with Gasteiger partial charge in [0.1, 0.15) is 17.1 Å². The maximum Gasteiger partial charge on any atom is 0.227 e. The third kappa shape index (κ3) is 4.66. The Kier molecular flexibility index (Phi) is 6.42. The molecule has 1 atom stereocenters. The van der Waals surface area contributed by atoms with E-state index in [1.54, 1.807) is 14.2 Å². The molecule has 1 fully saturated rings. The van der Waals surface area contributed by atoms with Crippen molar-refractivity contribution in [3.63, 3.8) is 0 Å². The minimum Gasteiger partial charge on any atom is -0.497 e. The molecule has 31 heavy (non-hydrogen) atoms. The largest absolute Gasteiger partial charge is 0.497 e. The molecule has 0 aromatic heterocycles. The van der Waals surface area contributed by atoms with Crippen LogP contribution in [0.3, 0.4) is 0 Å². The average Bonchev–Trinajstić information content (AvgIpc) is 2.80. The summed E-state index contributed by atoms with van der Waals surface area (Å²) in [6.07, 6.45) is 2.17. The van der Waals surface area contributed by atoms with Crippen LogP contribution in [0.1, 0.15) is 18.4 Å². The van der Waals surface area contributed by atoms with E-state index in [1.807, 2.05) is 47.4 Å². The molecule has 1 spiro atoms. The highest BCUT2D eigenvalue weighted by molar-refractivity contribution is 6.10. The van der Waals surface area contributed by atoms with Gasteiger partial charge in [-0.1, -0.05) is 24.3 Å². The lowest BCUT2D eigenvalue weighted by molar-refractivity contribution is -0.131. The first-order valence-corrected chi connectivity index (χ1v) is 10.7. The second-order valence-electron chi connectivity index (χ2n) is 8.05. The summed E-state index contributed by atoms with van der Waals surface area (Å²) in [4.78, 5) is 20.0. The maximum absolute atomic E-state index is 13.2. The first-order valence-electron chi connectivity index (χ1n) is 10.7. The quantitative estimate of drug-likeness (QED) is 0.700. The molecule has 0 saturated carbocycles. The molecule has 2 aromatic rings. The third-order valence-corrected chi connectivity index (χ3v) is 5.91. The Morgan fingerprint density at radius 3 is 2.81 bits per heavy atom. The molecule has 4 rings (SSSR count). The van der Waals surface area contributed by atoms with Gasteiger partial charge in [-0.05, 0) is 42.7 Å². The van der Waals surface area contributed by atoms with Crippen molar-refractivity contribution in [1.29, 1.82) is 0 Å². The molecule has 1 amide bonds. The molecule has 0 radical (unpaired) electrons. The van der Waals surface area contributed by atoms with E-state index in [0.717, 1.165) is 47.9 Å². The average molecular weight is 423 g/mol. The van der Waals surface area contributed by atoms with Crippen LogP contribution in [0, 0.1) is 0 Å². The number of carbonyl (C=O) groups excluding carboxylic acids is 1. The number of aliphatic imine (C=N–C) groups is 1. The van der Waals surface area contributed by atoms with Crippen molar-refractivity contribution < 1.29 is 14.3 Å². The number of methoxy groups -OCH3 is 2. The number of hydrogen-bond acceptors (Lipinski definition) is 5. The lowest BCUT2D eigenvalue weighted by atomic mass is 9.85. The fourth-order valence-electron chi connectivity index (χ4n) is 4.34. The Bertz CT molecular complexity index is 961. The molecule has 2 aliphatic heterocycles. The first kappa shape index (κ1) is 21.2. The molecule has 2 aliphatic rings. The zero-order valence-corrected chi connectivity index (χ0v) is 18.2. The summed E-state index contributed by atoms with van der Waals surface area (Å²) in [5.74, 6) is 1.76. The van der Waals surface area contributed by atoms with Crippen molar-refractivity contribution in [2.24, 2.45) is 4.99 Å².